The summed E-state index contributed by atoms with van der Waals surface area (Å²) in [4.78, 5) is 4.49. The molecule has 2 aromatic carbocycles. The Morgan fingerprint density at radius 2 is 2.00 bits per heavy atom. The zero-order valence-corrected chi connectivity index (χ0v) is 16.5. The highest BCUT2D eigenvalue weighted by atomic mass is 35.5. The molecule has 0 aliphatic carbocycles. The number of nitrogens with zero attached hydrogens (tertiary/aromatic N) is 4. The van der Waals surface area contributed by atoms with Crippen molar-refractivity contribution >= 4 is 34.3 Å². The van der Waals surface area contributed by atoms with Gasteiger partial charge in [-0.3, -0.25) is 4.98 Å². The summed E-state index contributed by atoms with van der Waals surface area (Å²) < 4.78 is 7.29. The third-order valence-corrected chi connectivity index (χ3v) is 5.72. The fourth-order valence-corrected chi connectivity index (χ4v) is 4.02. The van der Waals surface area contributed by atoms with Gasteiger partial charge >= 0.3 is 0 Å². The number of rotatable bonds is 5. The Morgan fingerprint density at radius 3 is 2.85 bits per heavy atom. The maximum absolute atomic E-state index is 6.28. The largest absolute Gasteiger partial charge is 0.497 e. The molecule has 27 heavy (non-hydrogen) atoms. The lowest BCUT2D eigenvalue weighted by atomic mass is 10.1. The Morgan fingerprint density at radius 1 is 1.11 bits per heavy atom. The molecule has 4 aromatic rings. The lowest BCUT2D eigenvalue weighted by Crippen LogP contribution is -1.96. The number of aromatic nitrogens is 4. The van der Waals surface area contributed by atoms with E-state index in [2.05, 4.69) is 15.2 Å². The van der Waals surface area contributed by atoms with Gasteiger partial charge in [0.05, 0.1) is 12.6 Å². The molecular formula is C20H17ClN4OS. The van der Waals surface area contributed by atoms with E-state index in [1.54, 1.807) is 25.1 Å². The fourth-order valence-electron chi connectivity index (χ4n) is 2.91. The number of fused-ring (bicyclic) bond motifs is 1. The van der Waals surface area contributed by atoms with E-state index in [9.17, 15) is 0 Å². The number of halogens is 1. The lowest BCUT2D eigenvalue weighted by molar-refractivity contribution is 0.415. The van der Waals surface area contributed by atoms with Crippen molar-refractivity contribution in [1.82, 2.24) is 19.7 Å². The second kappa shape index (κ2) is 7.58. The van der Waals surface area contributed by atoms with Crippen molar-refractivity contribution in [3.63, 3.8) is 0 Å². The molecule has 0 saturated carbocycles. The van der Waals surface area contributed by atoms with Crippen LogP contribution in [-0.2, 0) is 12.8 Å². The minimum absolute atomic E-state index is 0.714. The summed E-state index contributed by atoms with van der Waals surface area (Å²) in [7, 11) is 3.62. The van der Waals surface area contributed by atoms with Crippen LogP contribution < -0.4 is 4.74 Å². The molecule has 0 bridgehead atoms. The van der Waals surface area contributed by atoms with E-state index in [0.717, 1.165) is 44.5 Å². The number of pyridine rings is 1. The Kier molecular flexibility index (Phi) is 5.01. The number of ether oxygens (including phenoxy) is 1. The molecule has 2 aromatic heterocycles. The highest BCUT2D eigenvalue weighted by Crippen LogP contribution is 2.31. The average Bonchev–Trinajstić information content (AvgIpc) is 3.08. The van der Waals surface area contributed by atoms with Crippen molar-refractivity contribution in [2.75, 3.05) is 7.11 Å². The summed E-state index contributed by atoms with van der Waals surface area (Å²) in [5.41, 5.74) is 3.01. The Bertz CT molecular complexity index is 1110. The van der Waals surface area contributed by atoms with Crippen LogP contribution in [0.1, 0.15) is 5.56 Å². The molecule has 4 rings (SSSR count). The molecular weight excluding hydrogens is 380 g/mol. The Labute approximate surface area is 166 Å². The normalized spacial score (nSPS) is 11.1. The van der Waals surface area contributed by atoms with Crippen LogP contribution in [0.5, 0.6) is 5.75 Å². The van der Waals surface area contributed by atoms with Crippen LogP contribution in [0.4, 0.5) is 0 Å². The van der Waals surface area contributed by atoms with Gasteiger partial charge in [-0.2, -0.15) is 0 Å². The first-order chi connectivity index (χ1) is 13.2. The van der Waals surface area contributed by atoms with Gasteiger partial charge in [0.15, 0.2) is 11.0 Å². The third kappa shape index (κ3) is 3.50. The van der Waals surface area contributed by atoms with Crippen LogP contribution in [-0.4, -0.2) is 26.9 Å². The molecule has 0 radical (unpaired) electrons. The van der Waals surface area contributed by atoms with Crippen molar-refractivity contribution in [2.45, 2.75) is 10.9 Å². The van der Waals surface area contributed by atoms with Crippen molar-refractivity contribution in [3.05, 3.63) is 65.3 Å². The first-order valence-electron chi connectivity index (χ1n) is 8.36. The van der Waals surface area contributed by atoms with Crippen LogP contribution in [0.15, 0.2) is 59.9 Å². The standard InChI is InChI=1S/C20H17ClN4OS/c1-25-19(13-5-3-6-15(11-13)26-2)23-24-20(25)27-12-14-8-9-17(21)16-7-4-10-22-18(14)16/h3-11H,12H2,1-2H3. The molecule has 2 heterocycles. The van der Waals surface area contributed by atoms with Gasteiger partial charge in [0, 0.05) is 35.0 Å². The molecule has 0 fully saturated rings. The number of methoxy groups -OCH3 is 1. The maximum atomic E-state index is 6.28. The van der Waals surface area contributed by atoms with Gasteiger partial charge in [-0.15, -0.1) is 10.2 Å². The van der Waals surface area contributed by atoms with Crippen molar-refractivity contribution < 1.29 is 4.74 Å². The lowest BCUT2D eigenvalue weighted by Gasteiger charge is -2.08. The molecule has 0 spiro atoms. The summed E-state index contributed by atoms with van der Waals surface area (Å²) in [5.74, 6) is 2.33. The molecule has 0 saturated heterocycles. The first kappa shape index (κ1) is 17.8. The molecule has 0 unspecified atom stereocenters. The van der Waals surface area contributed by atoms with E-state index in [1.807, 2.05) is 60.1 Å². The zero-order valence-electron chi connectivity index (χ0n) is 14.9. The van der Waals surface area contributed by atoms with Gasteiger partial charge in [-0.1, -0.05) is 41.6 Å². The number of hydrogen-bond donors (Lipinski definition) is 0. The van der Waals surface area contributed by atoms with E-state index in [0.29, 0.717) is 5.02 Å². The fraction of sp³-hybridized carbons (Fsp3) is 0.150. The maximum Gasteiger partial charge on any atom is 0.191 e. The second-order valence-electron chi connectivity index (χ2n) is 5.99. The summed E-state index contributed by atoms with van der Waals surface area (Å²) >= 11 is 7.91. The van der Waals surface area contributed by atoms with Gasteiger partial charge < -0.3 is 9.30 Å². The smallest absolute Gasteiger partial charge is 0.191 e. The quantitative estimate of drug-likeness (QED) is 0.445. The molecule has 5 nitrogen and oxygen atoms in total. The molecule has 136 valence electrons. The van der Waals surface area contributed by atoms with Crippen LogP contribution >= 0.6 is 23.4 Å². The summed E-state index contributed by atoms with van der Waals surface area (Å²) in [6.45, 7) is 0. The predicted octanol–water partition coefficient (Wildman–Crippen LogP) is 4.98. The van der Waals surface area contributed by atoms with Crippen LogP contribution in [0.2, 0.25) is 5.02 Å². The van der Waals surface area contributed by atoms with Gasteiger partial charge in [-0.25, -0.2) is 0 Å². The summed E-state index contributed by atoms with van der Waals surface area (Å²) in [6.07, 6.45) is 1.79. The molecule has 0 N–H and O–H groups in total. The van der Waals surface area contributed by atoms with Crippen molar-refractivity contribution in [2.24, 2.45) is 7.05 Å². The minimum atomic E-state index is 0.714. The predicted molar refractivity (Wildman–Crippen MR) is 109 cm³/mol. The molecule has 0 aliphatic heterocycles. The molecule has 0 amide bonds. The van der Waals surface area contributed by atoms with Crippen molar-refractivity contribution in [1.29, 1.82) is 0 Å². The van der Waals surface area contributed by atoms with Gasteiger partial charge in [0.25, 0.3) is 0 Å². The number of benzene rings is 2. The monoisotopic (exact) mass is 396 g/mol. The Hall–Kier alpha value is -2.57. The third-order valence-electron chi connectivity index (χ3n) is 4.32. The Balaban J connectivity index is 1.60. The van der Waals surface area contributed by atoms with E-state index >= 15 is 0 Å². The van der Waals surface area contributed by atoms with Gasteiger partial charge in [0.1, 0.15) is 5.75 Å². The van der Waals surface area contributed by atoms with Gasteiger partial charge in [0.2, 0.25) is 0 Å². The topological polar surface area (TPSA) is 52.8 Å². The number of hydrogen-bond acceptors (Lipinski definition) is 5. The molecule has 0 aliphatic rings. The van der Waals surface area contributed by atoms with Crippen LogP contribution in [0.25, 0.3) is 22.3 Å². The highest BCUT2D eigenvalue weighted by molar-refractivity contribution is 7.98. The van der Waals surface area contributed by atoms with Gasteiger partial charge in [-0.05, 0) is 35.9 Å². The highest BCUT2D eigenvalue weighted by Gasteiger charge is 2.13. The van der Waals surface area contributed by atoms with E-state index < -0.39 is 0 Å². The van der Waals surface area contributed by atoms with Crippen LogP contribution in [0, 0.1) is 0 Å². The molecule has 0 atom stereocenters. The molecule has 7 heteroatoms. The summed E-state index contributed by atoms with van der Waals surface area (Å²) in [6, 6.07) is 15.6. The minimum Gasteiger partial charge on any atom is -0.497 e. The van der Waals surface area contributed by atoms with E-state index in [-0.39, 0.29) is 0 Å². The van der Waals surface area contributed by atoms with Crippen LogP contribution in [0.3, 0.4) is 0 Å². The average molecular weight is 397 g/mol. The van der Waals surface area contributed by atoms with E-state index in [1.165, 1.54) is 0 Å². The zero-order chi connectivity index (χ0) is 18.8. The summed E-state index contributed by atoms with van der Waals surface area (Å²) in [5, 5.41) is 11.2. The van der Waals surface area contributed by atoms with E-state index in [4.69, 9.17) is 16.3 Å². The first-order valence-corrected chi connectivity index (χ1v) is 9.72. The SMILES string of the molecule is COc1cccc(-c2nnc(SCc3ccc(Cl)c4cccnc34)n2C)c1. The van der Waals surface area contributed by atoms with Crippen molar-refractivity contribution in [3.8, 4) is 17.1 Å². The number of thioether (sulfide) groups is 1. The second-order valence-corrected chi connectivity index (χ2v) is 7.34.